The van der Waals surface area contributed by atoms with E-state index >= 15 is 0 Å². The second-order valence-electron chi connectivity index (χ2n) is 18.9. The van der Waals surface area contributed by atoms with Gasteiger partial charge < -0.3 is 0 Å². The maximum atomic E-state index is 3.98. The molecular weight excluding hydrogens is 889 g/mol. The molecule has 0 heteroatoms. The maximum absolute atomic E-state index is 3.98. The van der Waals surface area contributed by atoms with Crippen LogP contribution in [0.25, 0.3) is 16.7 Å². The van der Waals surface area contributed by atoms with Crippen molar-refractivity contribution in [3.63, 3.8) is 0 Å². The molecule has 6 aromatic carbocycles. The standard InChI is InChI=1S/C72H60.C2H6/c1-10-50(2)14-12-11-13-15-65-69(61-39-22-54(6)23-40-61)66(47-36-58-30-16-51(3)17-31-58)71(63-43-26-56(8)27-44-63)68(49-38-60-34-20-53(5)21-35-60)72(64-45-28-57(9)29-46-64)67(48-37-59-32-18-52(4)19-33-59)70(65)62-41-24-55(7)25-42-62;1-2/h10-12,14,16-24,26-35,39-41,43-46H,1,25,42H2,2-9H3;1-2H3/b12-11+,50-14-,69-65-,69-66?,70-65?,70-67-,71-66-,71-68?,72-67?,72-68-;. The number of benzene rings is 6. The molecule has 0 spiro atoms. The molecule has 2 aliphatic carbocycles. The van der Waals surface area contributed by atoms with Gasteiger partial charge in [-0.1, -0.05) is 252 Å². The lowest BCUT2D eigenvalue weighted by Gasteiger charge is -2.28. The van der Waals surface area contributed by atoms with Crippen LogP contribution in [0, 0.1) is 88.9 Å². The summed E-state index contributed by atoms with van der Waals surface area (Å²) in [5.41, 5.74) is 23.3. The SMILES string of the molecule is C=C/C(C)=C\C=C\C#CC1=C(c2ccc(C)cc2)/C(C#Cc2ccc(C)cc2)=C(c2ccc(C)cc2)\C(C#Cc2ccc(C)cc2)=C(c2ccc(C)cc2)/C(C#Cc2ccc(C)cc2)=C\1C1=CC=C(C)CC1.CC. The van der Waals surface area contributed by atoms with Crippen molar-refractivity contribution in [3.8, 4) is 47.4 Å². The Bertz CT molecular complexity index is 3570. The first kappa shape index (κ1) is 53.0. The van der Waals surface area contributed by atoms with Gasteiger partial charge in [0.25, 0.3) is 0 Å². The summed E-state index contributed by atoms with van der Waals surface area (Å²) >= 11 is 0. The number of rotatable bonds is 6. The maximum Gasteiger partial charge on any atom is 0.0431 e. The van der Waals surface area contributed by atoms with Crippen LogP contribution in [0.5, 0.6) is 0 Å². The van der Waals surface area contributed by atoms with E-state index in [4.69, 9.17) is 0 Å². The lowest BCUT2D eigenvalue weighted by Crippen LogP contribution is -2.12. The van der Waals surface area contributed by atoms with Crippen molar-refractivity contribution in [1.29, 1.82) is 0 Å². The van der Waals surface area contributed by atoms with E-state index in [1.54, 1.807) is 0 Å². The highest BCUT2D eigenvalue weighted by atomic mass is 14.3. The number of aryl methyl sites for hydroxylation is 6. The van der Waals surface area contributed by atoms with Crippen molar-refractivity contribution >= 4 is 16.7 Å². The van der Waals surface area contributed by atoms with Crippen LogP contribution in [0.3, 0.4) is 0 Å². The van der Waals surface area contributed by atoms with Gasteiger partial charge in [-0.05, 0) is 133 Å². The van der Waals surface area contributed by atoms with Gasteiger partial charge in [-0.25, -0.2) is 0 Å². The van der Waals surface area contributed by atoms with Gasteiger partial charge in [-0.15, -0.1) is 0 Å². The summed E-state index contributed by atoms with van der Waals surface area (Å²) in [6, 6.07) is 51.8. The van der Waals surface area contributed by atoms with Gasteiger partial charge in [0.15, 0.2) is 0 Å². The highest BCUT2D eigenvalue weighted by molar-refractivity contribution is 6.11. The number of hydrogen-bond acceptors (Lipinski definition) is 0. The minimum absolute atomic E-state index is 0.793. The average Bonchev–Trinajstić information content (AvgIpc) is 3.41. The Hall–Kier alpha value is -8.78. The summed E-state index contributed by atoms with van der Waals surface area (Å²) in [5, 5.41) is 0. The molecule has 0 fully saturated rings. The zero-order valence-electron chi connectivity index (χ0n) is 44.9. The highest BCUT2D eigenvalue weighted by Gasteiger charge is 2.32. The molecule has 362 valence electrons. The minimum Gasteiger partial charge on any atom is -0.0988 e. The van der Waals surface area contributed by atoms with Crippen molar-refractivity contribution in [3.05, 3.63) is 300 Å². The first-order valence-electron chi connectivity index (χ1n) is 25.7. The molecule has 8 rings (SSSR count). The van der Waals surface area contributed by atoms with E-state index in [-0.39, 0.29) is 0 Å². The van der Waals surface area contributed by atoms with Gasteiger partial charge in [-0.3, -0.25) is 0 Å². The fourth-order valence-electron chi connectivity index (χ4n) is 8.54. The molecular formula is C74H66. The van der Waals surface area contributed by atoms with Crippen LogP contribution in [0.1, 0.15) is 107 Å². The van der Waals surface area contributed by atoms with Crippen LogP contribution in [0.15, 0.2) is 233 Å². The molecule has 0 atom stereocenters. The molecule has 0 aliphatic heterocycles. The van der Waals surface area contributed by atoms with E-state index in [2.05, 4.69) is 260 Å². The summed E-state index contributed by atoms with van der Waals surface area (Å²) in [4.78, 5) is 0. The van der Waals surface area contributed by atoms with Crippen LogP contribution in [-0.4, -0.2) is 0 Å². The Morgan fingerprint density at radius 2 is 0.716 bits per heavy atom. The Morgan fingerprint density at radius 3 is 1.04 bits per heavy atom. The van der Waals surface area contributed by atoms with E-state index < -0.39 is 0 Å². The van der Waals surface area contributed by atoms with Crippen molar-refractivity contribution < 1.29 is 0 Å². The zero-order valence-corrected chi connectivity index (χ0v) is 44.9. The fourth-order valence-corrected chi connectivity index (χ4v) is 8.54. The first-order chi connectivity index (χ1) is 35.9. The van der Waals surface area contributed by atoms with Gasteiger partial charge in [0, 0.05) is 61.3 Å². The third-order valence-corrected chi connectivity index (χ3v) is 12.9. The van der Waals surface area contributed by atoms with E-state index in [9.17, 15) is 0 Å². The zero-order chi connectivity index (χ0) is 52.6. The van der Waals surface area contributed by atoms with Crippen molar-refractivity contribution in [2.45, 2.75) is 82.1 Å². The largest absolute Gasteiger partial charge is 0.0988 e. The summed E-state index contributed by atoms with van der Waals surface area (Å²) in [5.74, 6) is 30.2. The number of hydrogen-bond donors (Lipinski definition) is 0. The van der Waals surface area contributed by atoms with Gasteiger partial charge in [0.2, 0.25) is 0 Å². The van der Waals surface area contributed by atoms with Crippen LogP contribution in [-0.2, 0) is 0 Å². The van der Waals surface area contributed by atoms with Gasteiger partial charge in [0.05, 0.1) is 0 Å². The summed E-state index contributed by atoms with van der Waals surface area (Å²) in [6.07, 6.45) is 14.0. The van der Waals surface area contributed by atoms with Crippen molar-refractivity contribution in [2.75, 3.05) is 0 Å². The number of allylic oxidation sites excluding steroid dienone is 17. The predicted octanol–water partition coefficient (Wildman–Crippen LogP) is 18.0. The second-order valence-corrected chi connectivity index (χ2v) is 18.9. The monoisotopic (exact) mass is 955 g/mol. The first-order valence-corrected chi connectivity index (χ1v) is 25.7. The minimum atomic E-state index is 0.793. The van der Waals surface area contributed by atoms with E-state index in [1.807, 2.05) is 45.1 Å². The predicted molar refractivity (Wildman–Crippen MR) is 319 cm³/mol. The molecule has 0 heterocycles. The average molecular weight is 955 g/mol. The molecule has 0 radical (unpaired) electrons. The highest BCUT2D eigenvalue weighted by Crippen LogP contribution is 2.48. The van der Waals surface area contributed by atoms with Gasteiger partial charge in [0.1, 0.15) is 0 Å². The Morgan fingerprint density at radius 1 is 0.392 bits per heavy atom. The van der Waals surface area contributed by atoms with Crippen molar-refractivity contribution in [2.24, 2.45) is 0 Å². The molecule has 0 saturated heterocycles. The third kappa shape index (κ3) is 13.6. The summed E-state index contributed by atoms with van der Waals surface area (Å²) < 4.78 is 0. The fraction of sp³-hybridized carbons (Fsp3) is 0.162. The van der Waals surface area contributed by atoms with Crippen LogP contribution in [0.2, 0.25) is 0 Å². The Balaban J connectivity index is 0.00000395. The molecule has 0 amide bonds. The van der Waals surface area contributed by atoms with Crippen LogP contribution >= 0.6 is 0 Å². The lowest BCUT2D eigenvalue weighted by atomic mass is 9.73. The van der Waals surface area contributed by atoms with E-state index in [0.29, 0.717) is 0 Å². The molecule has 74 heavy (non-hydrogen) atoms. The topological polar surface area (TPSA) is 0 Å². The normalized spacial score (nSPS) is 17.5. The molecule has 0 aromatic heterocycles. The molecule has 0 unspecified atom stereocenters. The van der Waals surface area contributed by atoms with E-state index in [1.165, 1.54) is 22.3 Å². The molecule has 2 aliphatic rings. The van der Waals surface area contributed by atoms with Gasteiger partial charge in [-0.2, -0.15) is 0 Å². The van der Waals surface area contributed by atoms with Crippen LogP contribution in [0.4, 0.5) is 0 Å². The Kier molecular flexibility index (Phi) is 18.3. The third-order valence-electron chi connectivity index (χ3n) is 12.9. The smallest absolute Gasteiger partial charge is 0.0431 e. The molecule has 0 bridgehead atoms. The van der Waals surface area contributed by atoms with Crippen LogP contribution < -0.4 is 0 Å². The van der Waals surface area contributed by atoms with Gasteiger partial charge >= 0.3 is 0 Å². The quantitative estimate of drug-likeness (QED) is 0.115. The van der Waals surface area contributed by atoms with Crippen molar-refractivity contribution in [1.82, 2.24) is 0 Å². The Labute approximate surface area is 443 Å². The summed E-state index contributed by atoms with van der Waals surface area (Å²) in [6.45, 7) is 25.0. The second kappa shape index (κ2) is 25.6. The molecule has 0 nitrogen and oxygen atoms in total. The molecule has 0 N–H and O–H groups in total. The lowest BCUT2D eigenvalue weighted by molar-refractivity contribution is 0.915. The molecule has 0 saturated carbocycles. The summed E-state index contributed by atoms with van der Waals surface area (Å²) in [7, 11) is 0. The van der Waals surface area contributed by atoms with E-state index in [0.717, 1.165) is 119 Å². The molecule has 6 aromatic rings.